The normalized spacial score (nSPS) is 22.4. The van der Waals surface area contributed by atoms with Crippen molar-refractivity contribution in [2.45, 2.75) is 63.0 Å². The number of benzene rings is 1. The van der Waals surface area contributed by atoms with Gasteiger partial charge < -0.3 is 10.6 Å². The highest BCUT2D eigenvalue weighted by Gasteiger charge is 2.31. The average Bonchev–Trinajstić information content (AvgIpc) is 2.95. The average molecular weight is 430 g/mol. The summed E-state index contributed by atoms with van der Waals surface area (Å²) in [5.74, 6) is 0. The lowest BCUT2D eigenvalue weighted by Gasteiger charge is -2.37. The van der Waals surface area contributed by atoms with Crippen LogP contribution in [0.1, 0.15) is 61.6 Å². The van der Waals surface area contributed by atoms with Gasteiger partial charge in [-0.05, 0) is 73.9 Å². The highest BCUT2D eigenvalue weighted by molar-refractivity contribution is 8.00. The number of halogens is 1. The van der Waals surface area contributed by atoms with E-state index in [1.165, 1.54) is 42.4 Å². The van der Waals surface area contributed by atoms with Crippen molar-refractivity contribution in [2.75, 3.05) is 18.4 Å². The quantitative estimate of drug-likeness (QED) is 0.552. The zero-order chi connectivity index (χ0) is 20.3. The van der Waals surface area contributed by atoms with Crippen molar-refractivity contribution < 1.29 is 0 Å². The van der Waals surface area contributed by atoms with Crippen LogP contribution in [0.25, 0.3) is 0 Å². The molecule has 2 heterocycles. The molecule has 3 nitrogen and oxygen atoms in total. The van der Waals surface area contributed by atoms with Gasteiger partial charge in [-0.2, -0.15) is 0 Å². The third kappa shape index (κ3) is 5.28. The SMILES string of the molecule is CC1(C)CCCC(SC(Nc2c(Cl)ccc3c2CCNCC3)c2cccnc2)C1. The molecule has 2 aromatic rings. The molecule has 5 heteroatoms. The number of nitrogens with zero attached hydrogens (tertiary/aromatic N) is 1. The van der Waals surface area contributed by atoms with Crippen LogP contribution >= 0.6 is 23.4 Å². The summed E-state index contributed by atoms with van der Waals surface area (Å²) < 4.78 is 0. The molecule has 1 aliphatic carbocycles. The summed E-state index contributed by atoms with van der Waals surface area (Å²) in [6, 6.07) is 8.48. The zero-order valence-electron chi connectivity index (χ0n) is 17.5. The zero-order valence-corrected chi connectivity index (χ0v) is 19.1. The van der Waals surface area contributed by atoms with E-state index in [1.807, 2.05) is 18.5 Å². The molecule has 156 valence electrons. The summed E-state index contributed by atoms with van der Waals surface area (Å²) in [4.78, 5) is 4.40. The summed E-state index contributed by atoms with van der Waals surface area (Å²) in [6.45, 7) is 6.86. The van der Waals surface area contributed by atoms with Gasteiger partial charge in [0.05, 0.1) is 16.1 Å². The number of fused-ring (bicyclic) bond motifs is 1. The largest absolute Gasteiger partial charge is 0.368 e. The summed E-state index contributed by atoms with van der Waals surface area (Å²) in [5, 5.41) is 9.00. The summed E-state index contributed by atoms with van der Waals surface area (Å²) in [7, 11) is 0. The van der Waals surface area contributed by atoms with Crippen LogP contribution in [0.15, 0.2) is 36.7 Å². The maximum atomic E-state index is 6.73. The van der Waals surface area contributed by atoms with E-state index in [0.717, 1.165) is 36.6 Å². The molecule has 1 aliphatic heterocycles. The molecule has 0 bridgehead atoms. The highest BCUT2D eigenvalue weighted by Crippen LogP contribution is 2.46. The first kappa shape index (κ1) is 21.0. The smallest absolute Gasteiger partial charge is 0.0997 e. The third-order valence-corrected chi connectivity index (χ3v) is 8.00. The Morgan fingerprint density at radius 1 is 1.24 bits per heavy atom. The highest BCUT2D eigenvalue weighted by atomic mass is 35.5. The monoisotopic (exact) mass is 429 g/mol. The van der Waals surface area contributed by atoms with Crippen molar-refractivity contribution in [3.8, 4) is 0 Å². The fourth-order valence-corrected chi connectivity index (χ4v) is 6.64. The predicted octanol–water partition coefficient (Wildman–Crippen LogP) is 6.24. The molecular formula is C24H32ClN3S. The Morgan fingerprint density at radius 3 is 2.90 bits per heavy atom. The van der Waals surface area contributed by atoms with Crippen LogP contribution in [-0.4, -0.2) is 23.3 Å². The van der Waals surface area contributed by atoms with Crippen LogP contribution in [0, 0.1) is 5.41 Å². The molecule has 4 rings (SSSR count). The molecule has 2 N–H and O–H groups in total. The van der Waals surface area contributed by atoms with Crippen LogP contribution in [0.4, 0.5) is 5.69 Å². The minimum atomic E-state index is 0.155. The minimum absolute atomic E-state index is 0.155. The number of aromatic nitrogens is 1. The fraction of sp³-hybridized carbons (Fsp3) is 0.542. The Kier molecular flexibility index (Phi) is 6.73. The van der Waals surface area contributed by atoms with E-state index in [-0.39, 0.29) is 5.37 Å². The molecule has 2 atom stereocenters. The van der Waals surface area contributed by atoms with Crippen molar-refractivity contribution in [2.24, 2.45) is 5.41 Å². The van der Waals surface area contributed by atoms with Gasteiger partial charge >= 0.3 is 0 Å². The van der Waals surface area contributed by atoms with E-state index in [1.54, 1.807) is 0 Å². The van der Waals surface area contributed by atoms with Crippen LogP contribution in [-0.2, 0) is 12.8 Å². The molecule has 0 radical (unpaired) electrons. The first-order valence-corrected chi connectivity index (χ1v) is 12.2. The molecule has 2 unspecified atom stereocenters. The van der Waals surface area contributed by atoms with E-state index in [0.29, 0.717) is 10.7 Å². The summed E-state index contributed by atoms with van der Waals surface area (Å²) in [6.07, 6.45) is 11.1. The van der Waals surface area contributed by atoms with Gasteiger partial charge in [-0.1, -0.05) is 44.0 Å². The Bertz CT molecular complexity index is 824. The number of thioether (sulfide) groups is 1. The molecule has 0 spiro atoms. The summed E-state index contributed by atoms with van der Waals surface area (Å²) >= 11 is 8.78. The van der Waals surface area contributed by atoms with Crippen molar-refractivity contribution in [1.29, 1.82) is 0 Å². The van der Waals surface area contributed by atoms with Crippen molar-refractivity contribution in [3.05, 3.63) is 58.4 Å². The lowest BCUT2D eigenvalue weighted by atomic mass is 9.77. The van der Waals surface area contributed by atoms with E-state index in [4.69, 9.17) is 11.6 Å². The Hall–Kier alpha value is -1.23. The molecule has 1 aromatic carbocycles. The molecular weight excluding hydrogens is 398 g/mol. The number of hydrogen-bond donors (Lipinski definition) is 2. The molecule has 2 aliphatic rings. The van der Waals surface area contributed by atoms with Crippen LogP contribution in [0.5, 0.6) is 0 Å². The number of rotatable bonds is 5. The van der Waals surface area contributed by atoms with E-state index in [9.17, 15) is 0 Å². The van der Waals surface area contributed by atoms with Gasteiger partial charge in [-0.15, -0.1) is 11.8 Å². The molecule has 0 amide bonds. The number of pyridine rings is 1. The summed E-state index contributed by atoms with van der Waals surface area (Å²) in [5.41, 5.74) is 5.56. The number of anilines is 1. The fourth-order valence-electron chi connectivity index (χ4n) is 4.70. The van der Waals surface area contributed by atoms with Gasteiger partial charge in [0.1, 0.15) is 0 Å². The molecule has 1 aromatic heterocycles. The van der Waals surface area contributed by atoms with Crippen LogP contribution in [0.3, 0.4) is 0 Å². The lowest BCUT2D eigenvalue weighted by molar-refractivity contribution is 0.250. The second-order valence-electron chi connectivity index (χ2n) is 9.14. The van der Waals surface area contributed by atoms with Crippen LogP contribution < -0.4 is 10.6 Å². The molecule has 1 saturated carbocycles. The molecule has 1 fully saturated rings. The Morgan fingerprint density at radius 2 is 2.10 bits per heavy atom. The van der Waals surface area contributed by atoms with Gasteiger partial charge in [-0.25, -0.2) is 0 Å². The number of hydrogen-bond acceptors (Lipinski definition) is 4. The van der Waals surface area contributed by atoms with Gasteiger partial charge in [0.2, 0.25) is 0 Å². The maximum Gasteiger partial charge on any atom is 0.0997 e. The second-order valence-corrected chi connectivity index (χ2v) is 11.0. The first-order chi connectivity index (χ1) is 14.0. The molecule has 29 heavy (non-hydrogen) atoms. The van der Waals surface area contributed by atoms with Crippen molar-refractivity contribution in [1.82, 2.24) is 10.3 Å². The minimum Gasteiger partial charge on any atom is -0.368 e. The van der Waals surface area contributed by atoms with Crippen LogP contribution in [0.2, 0.25) is 5.02 Å². The molecule has 0 saturated heterocycles. The first-order valence-electron chi connectivity index (χ1n) is 10.8. The standard InChI is InChI=1S/C24H32ClN3S/c1-24(2)11-3-6-19(15-24)29-23(18-5-4-12-27-16-18)28-22-20-10-14-26-13-9-17(20)7-8-21(22)25/h4-5,7-8,12,16,19,23,26,28H,3,6,9-11,13-15H2,1-2H3. The number of nitrogens with one attached hydrogen (secondary N) is 2. The Balaban J connectivity index is 1.63. The predicted molar refractivity (Wildman–Crippen MR) is 126 cm³/mol. The second kappa shape index (κ2) is 9.28. The van der Waals surface area contributed by atoms with Gasteiger partial charge in [0.15, 0.2) is 0 Å². The van der Waals surface area contributed by atoms with Crippen molar-refractivity contribution in [3.63, 3.8) is 0 Å². The van der Waals surface area contributed by atoms with E-state index < -0.39 is 0 Å². The van der Waals surface area contributed by atoms with E-state index >= 15 is 0 Å². The maximum absolute atomic E-state index is 6.73. The topological polar surface area (TPSA) is 37.0 Å². The van der Waals surface area contributed by atoms with E-state index in [2.05, 4.69) is 59.4 Å². The Labute approximate surface area is 184 Å². The van der Waals surface area contributed by atoms with Gasteiger partial charge in [-0.3, -0.25) is 4.98 Å². The van der Waals surface area contributed by atoms with Gasteiger partial charge in [0, 0.05) is 23.2 Å². The van der Waals surface area contributed by atoms with Gasteiger partial charge in [0.25, 0.3) is 0 Å². The third-order valence-electron chi connectivity index (χ3n) is 6.23. The van der Waals surface area contributed by atoms with Crippen molar-refractivity contribution >= 4 is 29.1 Å². The lowest BCUT2D eigenvalue weighted by Crippen LogP contribution is -2.26.